The minimum atomic E-state index is 0.561. The maximum atomic E-state index is 5.58. The van der Waals surface area contributed by atoms with Crippen molar-refractivity contribution in [2.45, 2.75) is 6.54 Å². The minimum absolute atomic E-state index is 0.561. The molecule has 0 fully saturated rings. The van der Waals surface area contributed by atoms with Gasteiger partial charge in [0.1, 0.15) is 5.69 Å². The quantitative estimate of drug-likeness (QED) is 0.848. The van der Waals surface area contributed by atoms with Crippen LogP contribution in [0.3, 0.4) is 0 Å². The molecule has 0 atom stereocenters. The van der Waals surface area contributed by atoms with Crippen LogP contribution < -0.4 is 5.73 Å². The second kappa shape index (κ2) is 4.41. The van der Waals surface area contributed by atoms with Crippen molar-refractivity contribution >= 4 is 16.5 Å². The van der Waals surface area contributed by atoms with Gasteiger partial charge in [0.05, 0.1) is 6.61 Å². The molecule has 0 unspecified atom stereocenters. The van der Waals surface area contributed by atoms with E-state index in [1.54, 1.807) is 13.3 Å². The molecular weight excluding hydrogens is 212 g/mol. The number of anilines is 1. The highest BCUT2D eigenvalue weighted by atomic mass is 32.1. The first-order chi connectivity index (χ1) is 7.31. The summed E-state index contributed by atoms with van der Waals surface area (Å²) in [7, 11) is 1.68. The number of methoxy groups -OCH3 is 1. The molecule has 0 bridgehead atoms. The topological polar surface area (TPSA) is 66.0 Å². The van der Waals surface area contributed by atoms with E-state index in [0.717, 1.165) is 18.1 Å². The predicted octanol–water partition coefficient (Wildman–Crippen LogP) is 1.24. The van der Waals surface area contributed by atoms with Crippen molar-refractivity contribution < 1.29 is 4.74 Å². The van der Waals surface area contributed by atoms with Crippen LogP contribution in [-0.2, 0) is 11.3 Å². The SMILES string of the molecule is COCCn1ccnc1-c1csc(N)n1. The molecule has 0 radical (unpaired) electrons. The van der Waals surface area contributed by atoms with Crippen LogP contribution in [0.5, 0.6) is 0 Å². The minimum Gasteiger partial charge on any atom is -0.383 e. The molecule has 15 heavy (non-hydrogen) atoms. The Kier molecular flexibility index (Phi) is 2.98. The molecule has 0 amide bonds. The molecule has 0 aliphatic heterocycles. The van der Waals surface area contributed by atoms with Crippen molar-refractivity contribution in [3.63, 3.8) is 0 Å². The number of thiazole rings is 1. The Bertz CT molecular complexity index is 437. The van der Waals surface area contributed by atoms with E-state index in [9.17, 15) is 0 Å². The van der Waals surface area contributed by atoms with Gasteiger partial charge >= 0.3 is 0 Å². The van der Waals surface area contributed by atoms with Gasteiger partial charge in [0, 0.05) is 31.4 Å². The Morgan fingerprint density at radius 2 is 2.47 bits per heavy atom. The highest BCUT2D eigenvalue weighted by molar-refractivity contribution is 7.13. The number of nitrogens with zero attached hydrogens (tertiary/aromatic N) is 3. The monoisotopic (exact) mass is 224 g/mol. The van der Waals surface area contributed by atoms with Crippen LogP contribution in [0.15, 0.2) is 17.8 Å². The maximum absolute atomic E-state index is 5.58. The smallest absolute Gasteiger partial charge is 0.180 e. The van der Waals surface area contributed by atoms with Crippen molar-refractivity contribution in [1.29, 1.82) is 0 Å². The molecule has 0 saturated heterocycles. The van der Waals surface area contributed by atoms with E-state index in [-0.39, 0.29) is 0 Å². The molecule has 0 saturated carbocycles. The third-order valence-corrected chi connectivity index (χ3v) is 2.68. The van der Waals surface area contributed by atoms with Gasteiger partial charge in [-0.05, 0) is 0 Å². The zero-order valence-electron chi connectivity index (χ0n) is 8.38. The van der Waals surface area contributed by atoms with Crippen LogP contribution in [0, 0.1) is 0 Å². The van der Waals surface area contributed by atoms with E-state index >= 15 is 0 Å². The van der Waals surface area contributed by atoms with Crippen molar-refractivity contribution in [2.24, 2.45) is 0 Å². The van der Waals surface area contributed by atoms with E-state index < -0.39 is 0 Å². The summed E-state index contributed by atoms with van der Waals surface area (Å²) in [5, 5.41) is 2.47. The summed E-state index contributed by atoms with van der Waals surface area (Å²) in [6.45, 7) is 1.42. The third kappa shape index (κ3) is 2.16. The number of ether oxygens (including phenoxy) is 1. The van der Waals surface area contributed by atoms with Crippen molar-refractivity contribution in [2.75, 3.05) is 19.5 Å². The van der Waals surface area contributed by atoms with Crippen LogP contribution in [0.4, 0.5) is 5.13 Å². The molecular formula is C9H12N4OS. The van der Waals surface area contributed by atoms with Gasteiger partial charge in [-0.3, -0.25) is 0 Å². The number of aromatic nitrogens is 3. The lowest BCUT2D eigenvalue weighted by molar-refractivity contribution is 0.187. The molecule has 2 N–H and O–H groups in total. The van der Waals surface area contributed by atoms with Crippen molar-refractivity contribution in [1.82, 2.24) is 14.5 Å². The molecule has 0 aromatic carbocycles. The maximum Gasteiger partial charge on any atom is 0.180 e. The second-order valence-electron chi connectivity index (χ2n) is 3.01. The number of imidazole rings is 1. The summed E-state index contributed by atoms with van der Waals surface area (Å²) < 4.78 is 7.02. The summed E-state index contributed by atoms with van der Waals surface area (Å²) in [6, 6.07) is 0. The summed E-state index contributed by atoms with van der Waals surface area (Å²) in [4.78, 5) is 8.44. The molecule has 80 valence electrons. The summed E-state index contributed by atoms with van der Waals surface area (Å²) >= 11 is 1.42. The molecule has 5 nitrogen and oxygen atoms in total. The first kappa shape index (κ1) is 10.1. The van der Waals surface area contributed by atoms with Gasteiger partial charge < -0.3 is 15.0 Å². The van der Waals surface area contributed by atoms with Crippen molar-refractivity contribution in [3.05, 3.63) is 17.8 Å². The molecule has 0 spiro atoms. The number of hydrogen-bond donors (Lipinski definition) is 1. The lowest BCUT2D eigenvalue weighted by Gasteiger charge is -2.04. The van der Waals surface area contributed by atoms with Crippen LogP contribution in [0.25, 0.3) is 11.5 Å². The molecule has 2 aromatic heterocycles. The lowest BCUT2D eigenvalue weighted by Crippen LogP contribution is -2.05. The van der Waals surface area contributed by atoms with E-state index in [2.05, 4.69) is 9.97 Å². The zero-order chi connectivity index (χ0) is 10.7. The highest BCUT2D eigenvalue weighted by Gasteiger charge is 2.08. The van der Waals surface area contributed by atoms with E-state index in [0.29, 0.717) is 11.7 Å². The highest BCUT2D eigenvalue weighted by Crippen LogP contribution is 2.21. The Labute approximate surface area is 91.5 Å². The van der Waals surface area contributed by atoms with Gasteiger partial charge in [-0.15, -0.1) is 11.3 Å². The second-order valence-corrected chi connectivity index (χ2v) is 3.90. The number of rotatable bonds is 4. The summed E-state index contributed by atoms with van der Waals surface area (Å²) in [6.07, 6.45) is 3.66. The average Bonchev–Trinajstić information content (AvgIpc) is 2.82. The first-order valence-corrected chi connectivity index (χ1v) is 5.40. The van der Waals surface area contributed by atoms with E-state index in [1.165, 1.54) is 11.3 Å². The number of hydrogen-bond acceptors (Lipinski definition) is 5. The zero-order valence-corrected chi connectivity index (χ0v) is 9.20. The fourth-order valence-electron chi connectivity index (χ4n) is 1.30. The molecule has 6 heteroatoms. The largest absolute Gasteiger partial charge is 0.383 e. The van der Waals surface area contributed by atoms with Gasteiger partial charge in [-0.1, -0.05) is 0 Å². The fourth-order valence-corrected chi connectivity index (χ4v) is 1.84. The van der Waals surface area contributed by atoms with Crippen LogP contribution in [0.1, 0.15) is 0 Å². The first-order valence-electron chi connectivity index (χ1n) is 4.52. The molecule has 2 aromatic rings. The number of nitrogens with two attached hydrogens (primary N) is 1. The Balaban J connectivity index is 2.24. The van der Waals surface area contributed by atoms with Gasteiger partial charge in [0.2, 0.25) is 0 Å². The van der Waals surface area contributed by atoms with E-state index in [4.69, 9.17) is 10.5 Å². The fraction of sp³-hybridized carbons (Fsp3) is 0.333. The van der Waals surface area contributed by atoms with Crippen molar-refractivity contribution in [3.8, 4) is 11.5 Å². The van der Waals surface area contributed by atoms with Gasteiger partial charge in [-0.2, -0.15) is 0 Å². The van der Waals surface area contributed by atoms with Gasteiger partial charge in [0.15, 0.2) is 11.0 Å². The molecule has 0 aliphatic rings. The Morgan fingerprint density at radius 3 is 3.13 bits per heavy atom. The van der Waals surface area contributed by atoms with Gasteiger partial charge in [0.25, 0.3) is 0 Å². The predicted molar refractivity (Wildman–Crippen MR) is 59.6 cm³/mol. The molecule has 0 aliphatic carbocycles. The Morgan fingerprint density at radius 1 is 1.60 bits per heavy atom. The van der Waals surface area contributed by atoms with Gasteiger partial charge in [-0.25, -0.2) is 9.97 Å². The van der Waals surface area contributed by atoms with E-state index in [1.807, 2.05) is 16.1 Å². The van der Waals surface area contributed by atoms with Crippen LogP contribution in [-0.4, -0.2) is 28.3 Å². The summed E-state index contributed by atoms with van der Waals surface area (Å²) in [5.74, 6) is 0.833. The van der Waals surface area contributed by atoms with Crippen LogP contribution in [0.2, 0.25) is 0 Å². The Hall–Kier alpha value is -1.40. The standard InChI is InChI=1S/C9H12N4OS/c1-14-5-4-13-3-2-11-8(13)7-6-15-9(10)12-7/h2-3,6H,4-5H2,1H3,(H2,10,12). The molecule has 2 heterocycles. The third-order valence-electron chi connectivity index (χ3n) is 2.00. The average molecular weight is 224 g/mol. The summed E-state index contributed by atoms with van der Waals surface area (Å²) in [5.41, 5.74) is 6.40. The van der Waals surface area contributed by atoms with Crippen LogP contribution >= 0.6 is 11.3 Å². The molecule has 2 rings (SSSR count). The number of nitrogen functional groups attached to an aromatic ring is 1. The normalized spacial score (nSPS) is 10.7. The lowest BCUT2D eigenvalue weighted by atomic mass is 10.4.